The highest BCUT2D eigenvalue weighted by molar-refractivity contribution is 7.92. The van der Waals surface area contributed by atoms with Crippen molar-refractivity contribution in [2.24, 2.45) is 0 Å². The maximum absolute atomic E-state index is 13.7. The largest absolute Gasteiger partial charge is 0.495 e. The number of anilines is 1. The number of nitrogens with one attached hydrogen (secondary N) is 1. The summed E-state index contributed by atoms with van der Waals surface area (Å²) in [6.07, 6.45) is 0.684. The number of nitro benzene ring substituents is 1. The van der Waals surface area contributed by atoms with Gasteiger partial charge in [-0.1, -0.05) is 17.7 Å². The topological polar surface area (TPSA) is 131 Å². The molecule has 3 rings (SSSR count). The Morgan fingerprint density at radius 1 is 1.25 bits per heavy atom. The van der Waals surface area contributed by atoms with Crippen molar-refractivity contribution in [1.29, 1.82) is 0 Å². The number of carbonyl (C=O) groups is 1. The summed E-state index contributed by atoms with van der Waals surface area (Å²) in [5.41, 5.74) is 0.00203. The Morgan fingerprint density at radius 3 is 2.64 bits per heavy atom. The van der Waals surface area contributed by atoms with Crippen LogP contribution in [0.2, 0.25) is 5.02 Å². The molecule has 1 heterocycles. The van der Waals surface area contributed by atoms with Crippen LogP contribution in [0.15, 0.2) is 41.3 Å². The number of hydrogen-bond donors (Lipinski definition) is 1. The third-order valence-electron chi connectivity index (χ3n) is 5.74. The average Bonchev–Trinajstić information content (AvgIpc) is 2.85. The lowest BCUT2D eigenvalue weighted by molar-refractivity contribution is -0.385. The van der Waals surface area contributed by atoms with Gasteiger partial charge in [-0.15, -0.1) is 0 Å². The van der Waals surface area contributed by atoms with E-state index in [1.54, 1.807) is 0 Å². The summed E-state index contributed by atoms with van der Waals surface area (Å²) in [5, 5.41) is 14.4. The monoisotopic (exact) mass is 540 g/mol. The Bertz CT molecular complexity index is 1200. The number of aryl methyl sites for hydroxylation is 1. The molecule has 1 N–H and O–H groups in total. The summed E-state index contributed by atoms with van der Waals surface area (Å²) >= 11 is 6.13. The van der Waals surface area contributed by atoms with Crippen molar-refractivity contribution in [3.8, 4) is 5.75 Å². The Morgan fingerprint density at radius 2 is 1.97 bits per heavy atom. The van der Waals surface area contributed by atoms with Gasteiger partial charge in [0, 0.05) is 36.3 Å². The summed E-state index contributed by atoms with van der Waals surface area (Å²) in [5.74, 6) is -0.367. The summed E-state index contributed by atoms with van der Waals surface area (Å²) in [6.45, 7) is 5.09. The second-order valence-corrected chi connectivity index (χ2v) is 10.5. The number of morpholine rings is 1. The summed E-state index contributed by atoms with van der Waals surface area (Å²) in [4.78, 5) is 25.5. The molecular formula is C23H29ClN4O7S. The second-order valence-electron chi connectivity index (χ2n) is 8.19. The van der Waals surface area contributed by atoms with E-state index in [4.69, 9.17) is 21.1 Å². The number of hydrogen-bond acceptors (Lipinski definition) is 8. The minimum absolute atomic E-state index is 0.0386. The van der Waals surface area contributed by atoms with E-state index in [-0.39, 0.29) is 27.0 Å². The lowest BCUT2D eigenvalue weighted by Crippen LogP contribution is -2.42. The van der Waals surface area contributed by atoms with E-state index in [1.165, 1.54) is 44.4 Å². The van der Waals surface area contributed by atoms with Gasteiger partial charge in [-0.3, -0.25) is 24.1 Å². The smallest absolute Gasteiger partial charge is 0.273 e. The number of halogens is 1. The van der Waals surface area contributed by atoms with Crippen LogP contribution in [0.1, 0.15) is 12.0 Å². The third kappa shape index (κ3) is 6.84. The predicted molar refractivity (Wildman–Crippen MR) is 135 cm³/mol. The van der Waals surface area contributed by atoms with E-state index >= 15 is 0 Å². The van der Waals surface area contributed by atoms with Crippen LogP contribution in [-0.2, 0) is 19.6 Å². The molecule has 36 heavy (non-hydrogen) atoms. The van der Waals surface area contributed by atoms with Crippen LogP contribution in [0.4, 0.5) is 11.4 Å². The van der Waals surface area contributed by atoms with E-state index in [2.05, 4.69) is 10.2 Å². The molecule has 0 bridgehead atoms. The fourth-order valence-corrected chi connectivity index (χ4v) is 5.38. The van der Waals surface area contributed by atoms with Gasteiger partial charge in [0.1, 0.15) is 12.3 Å². The van der Waals surface area contributed by atoms with Gasteiger partial charge in [0.25, 0.3) is 15.7 Å². The maximum atomic E-state index is 13.7. The van der Waals surface area contributed by atoms with Crippen LogP contribution in [-0.4, -0.2) is 77.2 Å². The van der Waals surface area contributed by atoms with E-state index in [0.717, 1.165) is 30.0 Å². The van der Waals surface area contributed by atoms with Gasteiger partial charge in [0.15, 0.2) is 0 Å². The van der Waals surface area contributed by atoms with Crippen molar-refractivity contribution >= 4 is 38.9 Å². The van der Waals surface area contributed by atoms with Crippen LogP contribution in [0, 0.1) is 17.0 Å². The molecule has 13 heteroatoms. The van der Waals surface area contributed by atoms with Gasteiger partial charge < -0.3 is 14.8 Å². The zero-order valence-electron chi connectivity index (χ0n) is 20.1. The normalized spacial score (nSPS) is 14.3. The van der Waals surface area contributed by atoms with Crippen LogP contribution in [0.25, 0.3) is 0 Å². The summed E-state index contributed by atoms with van der Waals surface area (Å²) < 4.78 is 38.8. The van der Waals surface area contributed by atoms with Gasteiger partial charge in [-0.05, 0) is 44.2 Å². The van der Waals surface area contributed by atoms with Crippen LogP contribution in [0.3, 0.4) is 0 Å². The summed E-state index contributed by atoms with van der Waals surface area (Å²) in [7, 11) is -3.05. The molecular weight excluding hydrogens is 512 g/mol. The molecule has 1 saturated heterocycles. The Balaban J connectivity index is 1.85. The Labute approximate surface area is 215 Å². The van der Waals surface area contributed by atoms with Gasteiger partial charge in [-0.2, -0.15) is 0 Å². The second kappa shape index (κ2) is 12.3. The standard InChI is InChI=1S/C23H29ClN4O7S/c1-17-4-6-19(15-20(17)28(30)31)36(32,33)27(21-14-18(24)5-7-22(21)34-2)16-23(29)25-8-3-9-26-10-12-35-13-11-26/h4-7,14-15H,3,8-13,16H2,1-2H3,(H,25,29). The predicted octanol–water partition coefficient (Wildman–Crippen LogP) is 2.60. The quantitative estimate of drug-likeness (QED) is 0.261. The molecule has 196 valence electrons. The zero-order valence-corrected chi connectivity index (χ0v) is 21.7. The van der Waals surface area contributed by atoms with Crippen molar-refractivity contribution in [2.75, 3.05) is 57.4 Å². The number of rotatable bonds is 11. The van der Waals surface area contributed by atoms with Gasteiger partial charge in [-0.25, -0.2) is 8.42 Å². The number of amides is 1. The van der Waals surface area contributed by atoms with Crippen LogP contribution < -0.4 is 14.4 Å². The molecule has 0 spiro atoms. The van der Waals surface area contributed by atoms with Crippen molar-refractivity contribution in [2.45, 2.75) is 18.2 Å². The molecule has 0 aromatic heterocycles. The fourth-order valence-electron chi connectivity index (χ4n) is 3.77. The van der Waals surface area contributed by atoms with Crippen LogP contribution >= 0.6 is 11.6 Å². The molecule has 1 fully saturated rings. The number of methoxy groups -OCH3 is 1. The molecule has 0 saturated carbocycles. The van der Waals surface area contributed by atoms with Gasteiger partial charge in [0.05, 0.1) is 35.8 Å². The number of nitro groups is 1. The molecule has 2 aromatic carbocycles. The molecule has 0 radical (unpaired) electrons. The van der Waals surface area contributed by atoms with Gasteiger partial charge in [0.2, 0.25) is 5.91 Å². The molecule has 0 atom stereocenters. The molecule has 2 aromatic rings. The molecule has 1 aliphatic rings. The van der Waals surface area contributed by atoms with Crippen molar-refractivity contribution in [1.82, 2.24) is 10.2 Å². The molecule has 0 aliphatic carbocycles. The molecule has 1 amide bonds. The minimum atomic E-state index is -4.41. The zero-order chi connectivity index (χ0) is 26.3. The number of carbonyl (C=O) groups excluding carboxylic acids is 1. The highest BCUT2D eigenvalue weighted by Crippen LogP contribution is 2.35. The van der Waals surface area contributed by atoms with Crippen molar-refractivity contribution < 1.29 is 27.6 Å². The van der Waals surface area contributed by atoms with Gasteiger partial charge >= 0.3 is 0 Å². The maximum Gasteiger partial charge on any atom is 0.273 e. The Hall–Kier alpha value is -2.93. The first-order valence-electron chi connectivity index (χ1n) is 11.3. The van der Waals surface area contributed by atoms with E-state index in [1.807, 2.05) is 0 Å². The molecule has 11 nitrogen and oxygen atoms in total. The van der Waals surface area contributed by atoms with E-state index < -0.39 is 27.4 Å². The number of sulfonamides is 1. The molecule has 0 unspecified atom stereocenters. The number of benzene rings is 2. The Kier molecular flexibility index (Phi) is 9.49. The first kappa shape index (κ1) is 27.7. The van der Waals surface area contributed by atoms with Crippen molar-refractivity contribution in [3.63, 3.8) is 0 Å². The van der Waals surface area contributed by atoms with E-state index in [9.17, 15) is 23.3 Å². The number of nitrogens with zero attached hydrogens (tertiary/aromatic N) is 3. The first-order chi connectivity index (χ1) is 17.1. The average molecular weight is 541 g/mol. The minimum Gasteiger partial charge on any atom is -0.495 e. The number of ether oxygens (including phenoxy) is 2. The third-order valence-corrected chi connectivity index (χ3v) is 7.73. The van der Waals surface area contributed by atoms with Crippen molar-refractivity contribution in [3.05, 3.63) is 57.1 Å². The lowest BCUT2D eigenvalue weighted by Gasteiger charge is -2.27. The fraction of sp³-hybridized carbons (Fsp3) is 0.435. The summed E-state index contributed by atoms with van der Waals surface area (Å²) in [6, 6.07) is 7.97. The SMILES string of the molecule is COc1ccc(Cl)cc1N(CC(=O)NCCCN1CCOCC1)S(=O)(=O)c1ccc(C)c([N+](=O)[O-])c1. The van der Waals surface area contributed by atoms with E-state index in [0.29, 0.717) is 31.7 Å². The highest BCUT2D eigenvalue weighted by atomic mass is 35.5. The molecule has 1 aliphatic heterocycles. The highest BCUT2D eigenvalue weighted by Gasteiger charge is 2.31. The lowest BCUT2D eigenvalue weighted by atomic mass is 10.2. The first-order valence-corrected chi connectivity index (χ1v) is 13.1. The van der Waals surface area contributed by atoms with Crippen LogP contribution in [0.5, 0.6) is 5.75 Å².